The van der Waals surface area contributed by atoms with Gasteiger partial charge in [0.15, 0.2) is 0 Å². The van der Waals surface area contributed by atoms with Gasteiger partial charge in [0.1, 0.15) is 11.6 Å². The van der Waals surface area contributed by atoms with Crippen LogP contribution in [0.15, 0.2) is 60.2 Å². The lowest BCUT2D eigenvalue weighted by Crippen LogP contribution is -2.27. The molecule has 3 nitrogen and oxygen atoms in total. The zero-order valence-electron chi connectivity index (χ0n) is 13.7. The number of halogens is 2. The van der Waals surface area contributed by atoms with E-state index in [1.807, 2.05) is 36.4 Å². The Bertz CT molecular complexity index is 759. The molecule has 0 radical (unpaired) electrons. The van der Waals surface area contributed by atoms with E-state index in [0.29, 0.717) is 30.4 Å². The van der Waals surface area contributed by atoms with Crippen LogP contribution in [0.1, 0.15) is 15.9 Å². The Morgan fingerprint density at radius 3 is 2.12 bits per heavy atom. The zero-order chi connectivity index (χ0) is 18.1. The molecule has 25 heavy (non-hydrogen) atoms. The molecule has 0 aromatic heterocycles. The summed E-state index contributed by atoms with van der Waals surface area (Å²) in [7, 11) is 0. The van der Waals surface area contributed by atoms with Gasteiger partial charge in [-0.15, -0.1) is 23.2 Å². The van der Waals surface area contributed by atoms with Crippen molar-refractivity contribution in [3.63, 3.8) is 0 Å². The van der Waals surface area contributed by atoms with Gasteiger partial charge in [-0.2, -0.15) is 5.26 Å². The Balaban J connectivity index is 2.21. The summed E-state index contributed by atoms with van der Waals surface area (Å²) in [4.78, 5) is 14.5. The molecule has 0 spiro atoms. The maximum atomic E-state index is 12.4. The molecule has 2 rings (SSSR count). The van der Waals surface area contributed by atoms with Crippen molar-refractivity contribution in [2.75, 3.05) is 29.7 Å². The molecule has 0 bridgehead atoms. The average Bonchev–Trinajstić information content (AvgIpc) is 2.66. The molecule has 0 aliphatic heterocycles. The van der Waals surface area contributed by atoms with Gasteiger partial charge in [0.25, 0.3) is 0 Å². The molecule has 0 fully saturated rings. The molecule has 0 aliphatic carbocycles. The summed E-state index contributed by atoms with van der Waals surface area (Å²) in [5, 5.41) is 9.33. The second-order valence-electron chi connectivity index (χ2n) is 5.32. The number of rotatable bonds is 8. The van der Waals surface area contributed by atoms with E-state index in [2.05, 4.69) is 4.90 Å². The lowest BCUT2D eigenvalue weighted by molar-refractivity contribution is 0.104. The predicted octanol–water partition coefficient (Wildman–Crippen LogP) is 4.76. The molecular formula is C20H18Cl2N2O. The molecule has 128 valence electrons. The number of carbonyl (C=O) groups is 1. The van der Waals surface area contributed by atoms with Gasteiger partial charge >= 0.3 is 0 Å². The molecule has 2 aromatic rings. The van der Waals surface area contributed by atoms with Crippen molar-refractivity contribution in [1.29, 1.82) is 5.26 Å². The monoisotopic (exact) mass is 372 g/mol. The number of allylic oxidation sites excluding steroid dienone is 1. The highest BCUT2D eigenvalue weighted by Gasteiger charge is 2.11. The molecule has 5 heteroatoms. The smallest absolute Gasteiger partial charge is 0.203 e. The van der Waals surface area contributed by atoms with Crippen LogP contribution in [0.2, 0.25) is 0 Å². The lowest BCUT2D eigenvalue weighted by atomic mass is 10.0. The number of carbonyl (C=O) groups excluding carboxylic acids is 1. The van der Waals surface area contributed by atoms with E-state index >= 15 is 0 Å². The number of hydrogen-bond donors (Lipinski definition) is 0. The van der Waals surface area contributed by atoms with Gasteiger partial charge in [0.2, 0.25) is 5.78 Å². The van der Waals surface area contributed by atoms with Crippen LogP contribution in [-0.2, 0) is 0 Å². The topological polar surface area (TPSA) is 44.1 Å². The first-order valence-corrected chi connectivity index (χ1v) is 8.95. The Kier molecular flexibility index (Phi) is 7.53. The van der Waals surface area contributed by atoms with Crippen molar-refractivity contribution in [2.24, 2.45) is 0 Å². The van der Waals surface area contributed by atoms with Crippen molar-refractivity contribution in [1.82, 2.24) is 0 Å². The van der Waals surface area contributed by atoms with Gasteiger partial charge < -0.3 is 4.90 Å². The summed E-state index contributed by atoms with van der Waals surface area (Å²) < 4.78 is 0. The van der Waals surface area contributed by atoms with Gasteiger partial charge in [-0.3, -0.25) is 4.79 Å². The molecule has 0 aliphatic rings. The van der Waals surface area contributed by atoms with Crippen molar-refractivity contribution in [2.45, 2.75) is 0 Å². The Morgan fingerprint density at radius 2 is 1.60 bits per heavy atom. The number of anilines is 1. The molecule has 0 heterocycles. The summed E-state index contributed by atoms with van der Waals surface area (Å²) in [6.45, 7) is 1.42. The molecule has 2 aromatic carbocycles. The molecule has 0 N–H and O–H groups in total. The maximum absolute atomic E-state index is 12.4. The van der Waals surface area contributed by atoms with Crippen LogP contribution in [0, 0.1) is 11.3 Å². The van der Waals surface area contributed by atoms with Gasteiger partial charge in [-0.1, -0.05) is 42.5 Å². The highest BCUT2D eigenvalue weighted by Crippen LogP contribution is 2.18. The Labute approximate surface area is 158 Å². The minimum absolute atomic E-state index is 0.109. The number of benzene rings is 2. The fourth-order valence-corrected chi connectivity index (χ4v) is 2.82. The molecule has 0 unspecified atom stereocenters. The number of alkyl halides is 2. The van der Waals surface area contributed by atoms with E-state index in [-0.39, 0.29) is 11.4 Å². The fraction of sp³-hybridized carbons (Fsp3) is 0.200. The molecule has 0 amide bonds. The molecule has 0 saturated carbocycles. The van der Waals surface area contributed by atoms with Gasteiger partial charge in [-0.25, -0.2) is 0 Å². The van der Waals surface area contributed by atoms with Crippen molar-refractivity contribution in [3.8, 4) is 6.07 Å². The maximum Gasteiger partial charge on any atom is 0.203 e. The van der Waals surface area contributed by atoms with Crippen LogP contribution in [0.4, 0.5) is 5.69 Å². The van der Waals surface area contributed by atoms with Crippen LogP contribution in [-0.4, -0.2) is 30.6 Å². The number of ketones is 1. The summed E-state index contributed by atoms with van der Waals surface area (Å²) in [6.07, 6.45) is 1.60. The lowest BCUT2D eigenvalue weighted by Gasteiger charge is -2.22. The average molecular weight is 373 g/mol. The summed E-state index contributed by atoms with van der Waals surface area (Å²) >= 11 is 11.7. The highest BCUT2D eigenvalue weighted by atomic mass is 35.5. The van der Waals surface area contributed by atoms with E-state index in [4.69, 9.17) is 23.2 Å². The number of nitrogens with zero attached hydrogens (tertiary/aromatic N) is 2. The third-order valence-corrected chi connectivity index (χ3v) is 4.02. The second-order valence-corrected chi connectivity index (χ2v) is 6.08. The molecule has 0 atom stereocenters. The predicted molar refractivity (Wildman–Crippen MR) is 104 cm³/mol. The van der Waals surface area contributed by atoms with Crippen molar-refractivity contribution < 1.29 is 4.79 Å². The Morgan fingerprint density at radius 1 is 1.00 bits per heavy atom. The highest BCUT2D eigenvalue weighted by molar-refractivity contribution is 6.18. The largest absolute Gasteiger partial charge is 0.369 e. The SMILES string of the molecule is N#CC(=Cc1ccc(N(CCCl)CCCl)cc1)C(=O)c1ccccc1. The van der Waals surface area contributed by atoms with Gasteiger partial charge in [-0.05, 0) is 23.8 Å². The minimum Gasteiger partial charge on any atom is -0.369 e. The third kappa shape index (κ3) is 5.35. The van der Waals surface area contributed by atoms with Crippen molar-refractivity contribution in [3.05, 3.63) is 71.3 Å². The Hall–Kier alpha value is -2.28. The third-order valence-electron chi connectivity index (χ3n) is 3.68. The molecule has 0 saturated heterocycles. The van der Waals surface area contributed by atoms with Gasteiger partial charge in [0, 0.05) is 36.1 Å². The quantitative estimate of drug-likeness (QED) is 0.290. The molecular weight excluding hydrogens is 355 g/mol. The van der Waals surface area contributed by atoms with E-state index in [9.17, 15) is 10.1 Å². The van der Waals surface area contributed by atoms with Crippen LogP contribution >= 0.6 is 23.2 Å². The first-order chi connectivity index (χ1) is 12.2. The summed E-state index contributed by atoms with van der Waals surface area (Å²) in [5.74, 6) is 0.754. The van der Waals surface area contributed by atoms with Crippen LogP contribution < -0.4 is 4.90 Å². The first kappa shape index (κ1) is 19.1. The normalized spacial score (nSPS) is 11.0. The van der Waals surface area contributed by atoms with E-state index in [0.717, 1.165) is 11.3 Å². The first-order valence-electron chi connectivity index (χ1n) is 7.88. The fourth-order valence-electron chi connectivity index (χ4n) is 2.42. The van der Waals surface area contributed by atoms with E-state index in [1.54, 1.807) is 30.3 Å². The minimum atomic E-state index is -0.280. The number of Topliss-reactive ketones (excluding diaryl/α,β-unsaturated/α-hetero) is 1. The zero-order valence-corrected chi connectivity index (χ0v) is 15.2. The summed E-state index contributed by atoms with van der Waals surface area (Å²) in [5.41, 5.74) is 2.41. The summed E-state index contributed by atoms with van der Waals surface area (Å²) in [6, 6.07) is 18.4. The van der Waals surface area contributed by atoms with Crippen LogP contribution in [0.5, 0.6) is 0 Å². The van der Waals surface area contributed by atoms with Gasteiger partial charge in [0.05, 0.1) is 0 Å². The number of nitriles is 1. The second kappa shape index (κ2) is 9.88. The standard InChI is InChI=1S/C20H18Cl2N2O/c21-10-12-24(13-11-22)19-8-6-16(7-9-19)14-18(15-23)20(25)17-4-2-1-3-5-17/h1-9,14H,10-13H2. The van der Waals surface area contributed by atoms with Crippen LogP contribution in [0.25, 0.3) is 6.08 Å². The van der Waals surface area contributed by atoms with Crippen molar-refractivity contribution >= 4 is 40.7 Å². The van der Waals surface area contributed by atoms with Crippen LogP contribution in [0.3, 0.4) is 0 Å². The van der Waals surface area contributed by atoms with E-state index in [1.165, 1.54) is 0 Å². The van der Waals surface area contributed by atoms with E-state index < -0.39 is 0 Å². The number of hydrogen-bond acceptors (Lipinski definition) is 3.